The topological polar surface area (TPSA) is 66.9 Å². The molecule has 1 aliphatic carbocycles. The fourth-order valence-corrected chi connectivity index (χ4v) is 3.10. The number of nitrogens with one attached hydrogen (secondary N) is 2. The van der Waals surface area contributed by atoms with Crippen LogP contribution in [0.3, 0.4) is 0 Å². The van der Waals surface area contributed by atoms with Gasteiger partial charge in [-0.15, -0.1) is 0 Å². The molecule has 2 N–H and O–H groups in total. The summed E-state index contributed by atoms with van der Waals surface area (Å²) < 4.78 is 12.9. The number of anilines is 1. The Labute approximate surface area is 159 Å². The first kappa shape index (κ1) is 19.0. The van der Waals surface area contributed by atoms with E-state index in [4.69, 9.17) is 0 Å². The van der Waals surface area contributed by atoms with E-state index in [9.17, 15) is 9.18 Å². The van der Waals surface area contributed by atoms with Gasteiger partial charge in [-0.25, -0.2) is 14.4 Å². The van der Waals surface area contributed by atoms with E-state index in [0.717, 1.165) is 18.5 Å². The number of nitrogens with zero attached hydrogens (tertiary/aromatic N) is 2. The maximum absolute atomic E-state index is 12.9. The number of allylic oxidation sites excluding steroid dienone is 1. The highest BCUT2D eigenvalue weighted by Gasteiger charge is 2.09. The second-order valence-electron chi connectivity index (χ2n) is 6.68. The van der Waals surface area contributed by atoms with E-state index in [0.29, 0.717) is 24.6 Å². The first-order chi connectivity index (χ1) is 13.2. The number of carbonyl (C=O) groups is 1. The molecule has 0 radical (unpaired) electrons. The molecular formula is C21H25FN4O. The number of aromatic nitrogens is 2. The largest absolute Gasteiger partial charge is 0.354 e. The number of hydrogen-bond acceptors (Lipinski definition) is 4. The van der Waals surface area contributed by atoms with Gasteiger partial charge in [0.25, 0.3) is 5.91 Å². The maximum atomic E-state index is 12.9. The minimum Gasteiger partial charge on any atom is -0.354 e. The van der Waals surface area contributed by atoms with Gasteiger partial charge in [0, 0.05) is 19.3 Å². The smallest absolute Gasteiger partial charge is 0.270 e. The molecule has 0 saturated carbocycles. The van der Waals surface area contributed by atoms with E-state index in [2.05, 4.69) is 26.7 Å². The third-order valence-electron chi connectivity index (χ3n) is 4.61. The zero-order valence-electron chi connectivity index (χ0n) is 15.4. The lowest BCUT2D eigenvalue weighted by Crippen LogP contribution is -2.27. The Balaban J connectivity index is 1.44. The lowest BCUT2D eigenvalue weighted by atomic mass is 9.97. The van der Waals surface area contributed by atoms with E-state index >= 15 is 0 Å². The molecule has 142 valence electrons. The fourth-order valence-electron chi connectivity index (χ4n) is 3.10. The Morgan fingerprint density at radius 3 is 2.70 bits per heavy atom. The second-order valence-corrected chi connectivity index (χ2v) is 6.68. The maximum Gasteiger partial charge on any atom is 0.270 e. The number of carbonyl (C=O) groups excluding carboxylic acids is 1. The Bertz CT molecular complexity index is 789. The molecule has 27 heavy (non-hydrogen) atoms. The number of halogens is 1. The van der Waals surface area contributed by atoms with Gasteiger partial charge in [0.2, 0.25) is 5.95 Å². The van der Waals surface area contributed by atoms with Gasteiger partial charge in [-0.3, -0.25) is 4.79 Å². The van der Waals surface area contributed by atoms with Crippen molar-refractivity contribution in [2.24, 2.45) is 0 Å². The van der Waals surface area contributed by atoms with Gasteiger partial charge in [-0.2, -0.15) is 0 Å². The SMILES string of the molecule is O=C(NCCc1ccc(F)cc1)c1ccnc(NCCC2=CCCCC2)n1. The van der Waals surface area contributed by atoms with Gasteiger partial charge >= 0.3 is 0 Å². The Kier molecular flexibility index (Phi) is 6.90. The Hall–Kier alpha value is -2.76. The molecule has 3 rings (SSSR count). The van der Waals surface area contributed by atoms with Crippen molar-refractivity contribution in [1.29, 1.82) is 0 Å². The third-order valence-corrected chi connectivity index (χ3v) is 4.61. The molecule has 0 saturated heterocycles. The molecule has 0 spiro atoms. The minimum absolute atomic E-state index is 0.238. The van der Waals surface area contributed by atoms with Crippen molar-refractivity contribution < 1.29 is 9.18 Å². The van der Waals surface area contributed by atoms with E-state index in [1.54, 1.807) is 24.4 Å². The molecule has 2 aromatic rings. The van der Waals surface area contributed by atoms with Crippen molar-refractivity contribution in [2.75, 3.05) is 18.4 Å². The molecular weight excluding hydrogens is 343 g/mol. The van der Waals surface area contributed by atoms with E-state index in [1.165, 1.54) is 43.4 Å². The summed E-state index contributed by atoms with van der Waals surface area (Å²) in [6.45, 7) is 1.23. The van der Waals surface area contributed by atoms with Crippen molar-refractivity contribution in [3.63, 3.8) is 0 Å². The highest BCUT2D eigenvalue weighted by atomic mass is 19.1. The average Bonchev–Trinajstić information content (AvgIpc) is 2.70. The van der Waals surface area contributed by atoms with Crippen LogP contribution in [0.4, 0.5) is 10.3 Å². The van der Waals surface area contributed by atoms with Crippen LogP contribution in [0.15, 0.2) is 48.2 Å². The predicted octanol–water partition coefficient (Wildman–Crippen LogP) is 3.89. The highest BCUT2D eigenvalue weighted by Crippen LogP contribution is 2.19. The molecule has 1 aliphatic rings. The summed E-state index contributed by atoms with van der Waals surface area (Å²) in [5, 5.41) is 6.03. The quantitative estimate of drug-likeness (QED) is 0.694. The minimum atomic E-state index is -0.261. The standard InChI is InChI=1S/C21H25FN4O/c22-18-8-6-17(7-9-18)10-13-23-20(27)19-12-15-25-21(26-19)24-14-11-16-4-2-1-3-5-16/h4,6-9,12,15H,1-3,5,10-11,13-14H2,(H,23,27)(H,24,25,26). The molecule has 0 atom stereocenters. The normalized spacial score (nSPS) is 13.7. The molecule has 0 aliphatic heterocycles. The molecule has 0 unspecified atom stereocenters. The molecule has 1 heterocycles. The van der Waals surface area contributed by atoms with Crippen LogP contribution in [0, 0.1) is 5.82 Å². The highest BCUT2D eigenvalue weighted by molar-refractivity contribution is 5.92. The first-order valence-corrected chi connectivity index (χ1v) is 9.48. The predicted molar refractivity (Wildman–Crippen MR) is 104 cm³/mol. The lowest BCUT2D eigenvalue weighted by molar-refractivity contribution is 0.0949. The van der Waals surface area contributed by atoms with Crippen LogP contribution in [0.2, 0.25) is 0 Å². The van der Waals surface area contributed by atoms with Crippen LogP contribution in [0.5, 0.6) is 0 Å². The number of hydrogen-bond donors (Lipinski definition) is 2. The summed E-state index contributed by atoms with van der Waals surface area (Å²) in [6, 6.07) is 7.87. The summed E-state index contributed by atoms with van der Waals surface area (Å²) in [7, 11) is 0. The molecule has 6 heteroatoms. The van der Waals surface area contributed by atoms with E-state index < -0.39 is 0 Å². The van der Waals surface area contributed by atoms with Gasteiger partial charge in [-0.05, 0) is 62.3 Å². The van der Waals surface area contributed by atoms with Crippen LogP contribution in [-0.2, 0) is 6.42 Å². The molecule has 1 aromatic carbocycles. The Morgan fingerprint density at radius 1 is 1.07 bits per heavy atom. The summed E-state index contributed by atoms with van der Waals surface area (Å²) in [5.41, 5.74) is 2.80. The van der Waals surface area contributed by atoms with Crippen LogP contribution in [0.1, 0.15) is 48.2 Å². The molecule has 0 fully saturated rings. The Morgan fingerprint density at radius 2 is 1.93 bits per heavy atom. The lowest BCUT2D eigenvalue weighted by Gasteiger charge is -2.13. The van der Waals surface area contributed by atoms with Gasteiger partial charge in [0.05, 0.1) is 0 Å². The summed E-state index contributed by atoms with van der Waals surface area (Å²) in [5.74, 6) is -0.0290. The van der Waals surface area contributed by atoms with Crippen molar-refractivity contribution >= 4 is 11.9 Å². The van der Waals surface area contributed by atoms with E-state index in [-0.39, 0.29) is 11.7 Å². The van der Waals surface area contributed by atoms with Crippen molar-refractivity contribution in [3.8, 4) is 0 Å². The van der Waals surface area contributed by atoms with E-state index in [1.807, 2.05) is 0 Å². The average molecular weight is 368 g/mol. The molecule has 0 bridgehead atoms. The van der Waals surface area contributed by atoms with Crippen molar-refractivity contribution in [1.82, 2.24) is 15.3 Å². The van der Waals surface area contributed by atoms with Gasteiger partial charge < -0.3 is 10.6 Å². The molecule has 5 nitrogen and oxygen atoms in total. The van der Waals surface area contributed by atoms with Crippen LogP contribution < -0.4 is 10.6 Å². The summed E-state index contributed by atoms with van der Waals surface area (Å²) >= 11 is 0. The van der Waals surface area contributed by atoms with Gasteiger partial charge in [-0.1, -0.05) is 23.8 Å². The number of rotatable bonds is 8. The van der Waals surface area contributed by atoms with Crippen molar-refractivity contribution in [2.45, 2.75) is 38.5 Å². The first-order valence-electron chi connectivity index (χ1n) is 9.48. The zero-order valence-corrected chi connectivity index (χ0v) is 15.4. The second kappa shape index (κ2) is 9.80. The molecule has 1 amide bonds. The number of benzene rings is 1. The monoisotopic (exact) mass is 368 g/mol. The third kappa shape index (κ3) is 6.16. The summed E-state index contributed by atoms with van der Waals surface area (Å²) in [6.07, 6.45) is 10.5. The number of amides is 1. The van der Waals surface area contributed by atoms with Crippen LogP contribution in [0.25, 0.3) is 0 Å². The fraction of sp³-hybridized carbons (Fsp3) is 0.381. The zero-order chi connectivity index (χ0) is 18.9. The van der Waals surface area contributed by atoms with Crippen molar-refractivity contribution in [3.05, 3.63) is 65.3 Å². The summed E-state index contributed by atoms with van der Waals surface area (Å²) in [4.78, 5) is 20.7. The van der Waals surface area contributed by atoms with Gasteiger partial charge in [0.15, 0.2) is 0 Å². The van der Waals surface area contributed by atoms with Crippen LogP contribution >= 0.6 is 0 Å². The molecule has 1 aromatic heterocycles. The van der Waals surface area contributed by atoms with Crippen LogP contribution in [-0.4, -0.2) is 29.0 Å². The van der Waals surface area contributed by atoms with Gasteiger partial charge in [0.1, 0.15) is 11.5 Å².